The summed E-state index contributed by atoms with van der Waals surface area (Å²) < 4.78 is 13.0. The van der Waals surface area contributed by atoms with Crippen LogP contribution >= 0.6 is 0 Å². The number of carbonyl (C=O) groups excluding carboxylic acids is 1. The molecule has 1 atom stereocenters. The lowest BCUT2D eigenvalue weighted by atomic mass is 9.94. The summed E-state index contributed by atoms with van der Waals surface area (Å²) >= 11 is 0. The predicted molar refractivity (Wildman–Crippen MR) is 76.4 cm³/mol. The van der Waals surface area contributed by atoms with E-state index in [0.29, 0.717) is 24.6 Å². The fourth-order valence-electron chi connectivity index (χ4n) is 2.16. The van der Waals surface area contributed by atoms with E-state index in [-0.39, 0.29) is 17.6 Å². The van der Waals surface area contributed by atoms with Gasteiger partial charge in [0.05, 0.1) is 0 Å². The van der Waals surface area contributed by atoms with Gasteiger partial charge in [-0.3, -0.25) is 4.79 Å². The fraction of sp³-hybridized carbons (Fsp3) is 0.533. The van der Waals surface area contributed by atoms with Crippen molar-refractivity contribution in [2.45, 2.75) is 33.6 Å². The van der Waals surface area contributed by atoms with Gasteiger partial charge >= 0.3 is 0 Å². The summed E-state index contributed by atoms with van der Waals surface area (Å²) in [4.78, 5) is 11.9. The summed E-state index contributed by atoms with van der Waals surface area (Å²) in [6, 6.07) is 4.34. The van der Waals surface area contributed by atoms with Gasteiger partial charge in [-0.25, -0.2) is 4.39 Å². The number of rotatable bonds is 6. The van der Waals surface area contributed by atoms with Crippen LogP contribution in [0.5, 0.6) is 0 Å². The lowest BCUT2D eigenvalue weighted by Gasteiger charge is -2.17. The maximum Gasteiger partial charge on any atom is 0.224 e. The zero-order valence-corrected chi connectivity index (χ0v) is 11.9. The van der Waals surface area contributed by atoms with Crippen molar-refractivity contribution < 1.29 is 9.18 Å². The summed E-state index contributed by atoms with van der Waals surface area (Å²) in [5.74, 6) is 0.357. The first-order chi connectivity index (χ1) is 8.92. The van der Waals surface area contributed by atoms with Crippen LogP contribution in [-0.2, 0) is 4.79 Å². The lowest BCUT2D eigenvalue weighted by molar-refractivity contribution is -0.117. The molecule has 0 aromatic heterocycles. The first kappa shape index (κ1) is 15.6. The van der Waals surface area contributed by atoms with E-state index >= 15 is 0 Å². The van der Waals surface area contributed by atoms with Gasteiger partial charge in [0.25, 0.3) is 0 Å². The molecule has 3 nitrogen and oxygen atoms in total. The average molecular weight is 266 g/mol. The summed E-state index contributed by atoms with van der Waals surface area (Å²) in [5, 5.41) is 2.81. The van der Waals surface area contributed by atoms with E-state index in [4.69, 9.17) is 5.73 Å². The maximum atomic E-state index is 13.0. The first-order valence-corrected chi connectivity index (χ1v) is 6.68. The molecule has 0 heterocycles. The van der Waals surface area contributed by atoms with Crippen molar-refractivity contribution in [3.05, 3.63) is 29.6 Å². The average Bonchev–Trinajstić information content (AvgIpc) is 2.31. The van der Waals surface area contributed by atoms with Gasteiger partial charge in [0.15, 0.2) is 0 Å². The number of hydrogen-bond acceptors (Lipinski definition) is 2. The highest BCUT2D eigenvalue weighted by Gasteiger charge is 2.14. The SMILES string of the molecule is Cc1cc(F)ccc1NC(=O)CC(CN)CC(C)C. The highest BCUT2D eigenvalue weighted by atomic mass is 19.1. The van der Waals surface area contributed by atoms with Crippen LogP contribution in [-0.4, -0.2) is 12.5 Å². The lowest BCUT2D eigenvalue weighted by Crippen LogP contribution is -2.23. The van der Waals surface area contributed by atoms with E-state index in [9.17, 15) is 9.18 Å². The second-order valence-corrected chi connectivity index (χ2v) is 5.44. The van der Waals surface area contributed by atoms with Gasteiger partial charge in [0.2, 0.25) is 5.91 Å². The smallest absolute Gasteiger partial charge is 0.224 e. The molecule has 1 aromatic rings. The van der Waals surface area contributed by atoms with E-state index < -0.39 is 0 Å². The first-order valence-electron chi connectivity index (χ1n) is 6.68. The molecule has 0 spiro atoms. The molecule has 0 bridgehead atoms. The van der Waals surface area contributed by atoms with Crippen LogP contribution in [0, 0.1) is 24.6 Å². The van der Waals surface area contributed by atoms with E-state index in [2.05, 4.69) is 19.2 Å². The van der Waals surface area contributed by atoms with Crippen LogP contribution in [0.3, 0.4) is 0 Å². The number of nitrogens with two attached hydrogens (primary N) is 1. The fourth-order valence-corrected chi connectivity index (χ4v) is 2.16. The van der Waals surface area contributed by atoms with Crippen molar-refractivity contribution in [3.63, 3.8) is 0 Å². The summed E-state index contributed by atoms with van der Waals surface area (Å²) in [5.41, 5.74) is 7.07. The normalized spacial score (nSPS) is 12.5. The topological polar surface area (TPSA) is 55.1 Å². The van der Waals surface area contributed by atoms with Gasteiger partial charge in [-0.1, -0.05) is 13.8 Å². The summed E-state index contributed by atoms with van der Waals surface area (Å²) in [6.45, 7) is 6.51. The van der Waals surface area contributed by atoms with Crippen molar-refractivity contribution in [1.29, 1.82) is 0 Å². The van der Waals surface area contributed by atoms with Gasteiger partial charge in [0, 0.05) is 12.1 Å². The molecule has 4 heteroatoms. The molecule has 0 radical (unpaired) electrons. The number of hydrogen-bond donors (Lipinski definition) is 2. The largest absolute Gasteiger partial charge is 0.330 e. The summed E-state index contributed by atoms with van der Waals surface area (Å²) in [7, 11) is 0. The van der Waals surface area contributed by atoms with Crippen LogP contribution in [0.2, 0.25) is 0 Å². The number of anilines is 1. The maximum absolute atomic E-state index is 13.0. The molecule has 19 heavy (non-hydrogen) atoms. The van der Waals surface area contributed by atoms with Crippen LogP contribution < -0.4 is 11.1 Å². The van der Waals surface area contributed by atoms with Gasteiger partial charge in [-0.2, -0.15) is 0 Å². The number of amides is 1. The molecule has 1 rings (SSSR count). The predicted octanol–water partition coefficient (Wildman–Crippen LogP) is 3.08. The minimum absolute atomic E-state index is 0.0641. The minimum Gasteiger partial charge on any atom is -0.330 e. The molecule has 106 valence electrons. The molecule has 0 saturated carbocycles. The summed E-state index contributed by atoms with van der Waals surface area (Å²) in [6.07, 6.45) is 1.35. The Hall–Kier alpha value is -1.42. The van der Waals surface area contributed by atoms with Crippen LogP contribution in [0.4, 0.5) is 10.1 Å². The Labute approximate surface area is 114 Å². The van der Waals surface area contributed by atoms with Gasteiger partial charge in [-0.15, -0.1) is 0 Å². The zero-order chi connectivity index (χ0) is 14.4. The Balaban J connectivity index is 2.59. The Kier molecular flexibility index (Phi) is 5.96. The highest BCUT2D eigenvalue weighted by Crippen LogP contribution is 2.18. The Morgan fingerprint density at radius 3 is 2.63 bits per heavy atom. The second kappa shape index (κ2) is 7.24. The number of benzene rings is 1. The van der Waals surface area contributed by atoms with Crippen molar-refractivity contribution in [2.75, 3.05) is 11.9 Å². The van der Waals surface area contributed by atoms with E-state index in [1.807, 2.05) is 0 Å². The number of aryl methyl sites for hydroxylation is 1. The number of carbonyl (C=O) groups is 1. The van der Waals surface area contributed by atoms with E-state index in [1.165, 1.54) is 12.1 Å². The molecule has 3 N–H and O–H groups in total. The molecule has 0 aliphatic heterocycles. The standard InChI is InChI=1S/C15H23FN2O/c1-10(2)6-12(9-17)8-15(19)18-14-5-4-13(16)7-11(14)3/h4-5,7,10,12H,6,8-9,17H2,1-3H3,(H,18,19). The second-order valence-electron chi connectivity index (χ2n) is 5.44. The molecule has 0 fully saturated rings. The van der Waals surface area contributed by atoms with Gasteiger partial charge < -0.3 is 11.1 Å². The zero-order valence-electron chi connectivity index (χ0n) is 11.9. The highest BCUT2D eigenvalue weighted by molar-refractivity contribution is 5.91. The van der Waals surface area contributed by atoms with Gasteiger partial charge in [-0.05, 0) is 55.5 Å². The molecule has 0 aliphatic carbocycles. The van der Waals surface area contributed by atoms with Crippen molar-refractivity contribution in [2.24, 2.45) is 17.6 Å². The van der Waals surface area contributed by atoms with Crippen LogP contribution in [0.1, 0.15) is 32.3 Å². The molecular formula is C15H23FN2O. The molecule has 0 saturated heterocycles. The molecule has 1 amide bonds. The Morgan fingerprint density at radius 1 is 1.42 bits per heavy atom. The molecular weight excluding hydrogens is 243 g/mol. The third-order valence-corrected chi connectivity index (χ3v) is 3.07. The monoisotopic (exact) mass is 266 g/mol. The van der Waals surface area contributed by atoms with Crippen molar-refractivity contribution in [1.82, 2.24) is 0 Å². The molecule has 0 aliphatic rings. The van der Waals surface area contributed by atoms with Crippen molar-refractivity contribution >= 4 is 11.6 Å². The Bertz CT molecular complexity index is 432. The molecule has 1 unspecified atom stereocenters. The van der Waals surface area contributed by atoms with E-state index in [0.717, 1.165) is 12.0 Å². The van der Waals surface area contributed by atoms with Crippen molar-refractivity contribution in [3.8, 4) is 0 Å². The third kappa shape index (κ3) is 5.39. The quantitative estimate of drug-likeness (QED) is 0.831. The van der Waals surface area contributed by atoms with Gasteiger partial charge in [0.1, 0.15) is 5.82 Å². The Morgan fingerprint density at radius 2 is 2.11 bits per heavy atom. The molecule has 1 aromatic carbocycles. The van der Waals surface area contributed by atoms with Crippen LogP contribution in [0.15, 0.2) is 18.2 Å². The third-order valence-electron chi connectivity index (χ3n) is 3.07. The number of nitrogens with one attached hydrogen (secondary N) is 1. The van der Waals surface area contributed by atoms with Crippen LogP contribution in [0.25, 0.3) is 0 Å². The van der Waals surface area contributed by atoms with E-state index in [1.54, 1.807) is 13.0 Å². The minimum atomic E-state index is -0.296. The number of halogens is 1.